The summed E-state index contributed by atoms with van der Waals surface area (Å²) in [5, 5.41) is 7.81. The lowest BCUT2D eigenvalue weighted by atomic mass is 10.1. The van der Waals surface area contributed by atoms with Crippen LogP contribution in [0.5, 0.6) is 5.75 Å². The van der Waals surface area contributed by atoms with Gasteiger partial charge >= 0.3 is 6.18 Å². The van der Waals surface area contributed by atoms with Gasteiger partial charge in [-0.15, -0.1) is 0 Å². The second kappa shape index (κ2) is 10.1. The van der Waals surface area contributed by atoms with Crippen molar-refractivity contribution in [1.82, 2.24) is 20.1 Å². The highest BCUT2D eigenvalue weighted by molar-refractivity contribution is 5.77. The third kappa shape index (κ3) is 5.66. The average molecular weight is 496 g/mol. The Labute approximate surface area is 199 Å². The first-order valence-electron chi connectivity index (χ1n) is 11.3. The number of anilines is 2. The van der Waals surface area contributed by atoms with Gasteiger partial charge < -0.3 is 24.6 Å². The van der Waals surface area contributed by atoms with Crippen molar-refractivity contribution in [2.75, 3.05) is 49.7 Å². The minimum Gasteiger partial charge on any atom is -0.487 e. The molecular formula is C22H27F3N6O4. The van der Waals surface area contributed by atoms with Crippen molar-refractivity contribution in [2.24, 2.45) is 0 Å². The van der Waals surface area contributed by atoms with E-state index in [4.69, 9.17) is 9.47 Å². The number of aromatic amines is 1. The van der Waals surface area contributed by atoms with Crippen molar-refractivity contribution in [3.63, 3.8) is 0 Å². The van der Waals surface area contributed by atoms with Crippen LogP contribution in [0.4, 0.5) is 24.7 Å². The lowest BCUT2D eigenvalue weighted by Gasteiger charge is -2.44. The number of hydrogen-bond donors (Lipinski definition) is 2. The second-order valence-corrected chi connectivity index (χ2v) is 8.69. The molecule has 2 atom stereocenters. The van der Waals surface area contributed by atoms with E-state index < -0.39 is 29.0 Å². The maximum atomic E-state index is 13.1. The summed E-state index contributed by atoms with van der Waals surface area (Å²) in [4.78, 5) is 32.7. The summed E-state index contributed by atoms with van der Waals surface area (Å²) < 4.78 is 50.8. The molecule has 1 amide bonds. The highest BCUT2D eigenvalue weighted by Gasteiger charge is 2.38. The third-order valence-corrected chi connectivity index (χ3v) is 5.88. The number of fused-ring (bicyclic) bond motifs is 3. The Morgan fingerprint density at radius 1 is 1.37 bits per heavy atom. The number of rotatable bonds is 7. The van der Waals surface area contributed by atoms with Crippen molar-refractivity contribution in [3.05, 3.63) is 39.9 Å². The van der Waals surface area contributed by atoms with Gasteiger partial charge in [0.15, 0.2) is 11.6 Å². The first kappa shape index (κ1) is 24.8. The third-order valence-electron chi connectivity index (χ3n) is 5.88. The molecule has 13 heteroatoms. The maximum absolute atomic E-state index is 13.1. The number of halogens is 3. The summed E-state index contributed by atoms with van der Waals surface area (Å²) in [6, 6.07) is 1.43. The standard InChI is InChI=1S/C22H27F3N6O4/c1-13-7-17-20(26-8-13)31-5-4-30(10-15(31)12-35-17)18(32)3-6-34-11-14(2)28-16-9-27-29-21(33)19(16)22(23,24)25/h7-9,14-15H,3-6,10-12H2,1-2H3,(H2,28,29,33)/t14-,15?/m0/s1. The second-order valence-electron chi connectivity index (χ2n) is 8.69. The van der Waals surface area contributed by atoms with Crippen molar-refractivity contribution in [1.29, 1.82) is 0 Å². The lowest BCUT2D eigenvalue weighted by Crippen LogP contribution is -2.58. The number of aryl methyl sites for hydroxylation is 1. The number of nitrogens with zero attached hydrogens (tertiary/aromatic N) is 4. The number of carbonyl (C=O) groups is 1. The minimum atomic E-state index is -4.82. The van der Waals surface area contributed by atoms with E-state index in [0.29, 0.717) is 26.2 Å². The Hall–Kier alpha value is -3.35. The van der Waals surface area contributed by atoms with Crippen molar-refractivity contribution in [2.45, 2.75) is 38.5 Å². The molecule has 2 N–H and O–H groups in total. The summed E-state index contributed by atoms with van der Waals surface area (Å²) in [6.07, 6.45) is -1.97. The smallest absolute Gasteiger partial charge is 0.423 e. The Bertz CT molecular complexity index is 1130. The fourth-order valence-corrected chi connectivity index (χ4v) is 4.22. The van der Waals surface area contributed by atoms with Crippen LogP contribution < -0.4 is 20.5 Å². The first-order chi connectivity index (χ1) is 16.6. The number of nitrogens with one attached hydrogen (secondary N) is 2. The Balaban J connectivity index is 1.23. The van der Waals surface area contributed by atoms with E-state index in [1.807, 2.05) is 13.0 Å². The molecule has 10 nitrogen and oxygen atoms in total. The summed E-state index contributed by atoms with van der Waals surface area (Å²) in [6.45, 7) is 5.92. The van der Waals surface area contributed by atoms with Gasteiger partial charge in [-0.2, -0.15) is 18.3 Å². The van der Waals surface area contributed by atoms with Gasteiger partial charge in [-0.25, -0.2) is 10.1 Å². The van der Waals surface area contributed by atoms with Crippen molar-refractivity contribution in [3.8, 4) is 5.75 Å². The fraction of sp³-hybridized carbons (Fsp3) is 0.545. The van der Waals surface area contributed by atoms with Crippen LogP contribution in [0, 0.1) is 6.92 Å². The molecule has 0 saturated carbocycles. The van der Waals surface area contributed by atoms with E-state index in [1.165, 1.54) is 0 Å². The molecule has 2 aromatic rings. The molecule has 0 aromatic carbocycles. The van der Waals surface area contributed by atoms with Crippen molar-refractivity contribution >= 4 is 17.4 Å². The van der Waals surface area contributed by atoms with Gasteiger partial charge in [0.25, 0.3) is 5.56 Å². The molecule has 2 aliphatic rings. The molecule has 190 valence electrons. The number of piperazine rings is 1. The summed E-state index contributed by atoms with van der Waals surface area (Å²) in [5.74, 6) is 1.49. The zero-order valence-electron chi connectivity index (χ0n) is 19.4. The molecule has 1 unspecified atom stereocenters. The Kier molecular flexibility index (Phi) is 7.15. The molecule has 0 bridgehead atoms. The number of amides is 1. The molecule has 0 radical (unpaired) electrons. The van der Waals surface area contributed by atoms with Gasteiger partial charge in [0.2, 0.25) is 5.91 Å². The highest BCUT2D eigenvalue weighted by Crippen LogP contribution is 2.34. The molecule has 4 rings (SSSR count). The molecular weight excluding hydrogens is 469 g/mol. The summed E-state index contributed by atoms with van der Waals surface area (Å²) >= 11 is 0. The number of alkyl halides is 3. The van der Waals surface area contributed by atoms with E-state index >= 15 is 0 Å². The van der Waals surface area contributed by atoms with Crippen LogP contribution in [-0.2, 0) is 15.7 Å². The van der Waals surface area contributed by atoms with Crippen LogP contribution in [-0.4, -0.2) is 77.5 Å². The highest BCUT2D eigenvalue weighted by atomic mass is 19.4. The number of H-pyrrole nitrogens is 1. The monoisotopic (exact) mass is 496 g/mol. The van der Waals surface area contributed by atoms with Gasteiger partial charge in [0, 0.05) is 31.9 Å². The zero-order chi connectivity index (χ0) is 25.2. The van der Waals surface area contributed by atoms with Crippen molar-refractivity contribution < 1.29 is 27.4 Å². The van der Waals surface area contributed by atoms with E-state index in [-0.39, 0.29) is 31.6 Å². The quantitative estimate of drug-likeness (QED) is 0.559. The van der Waals surface area contributed by atoms with Crippen LogP contribution in [0.3, 0.4) is 0 Å². The van der Waals surface area contributed by atoms with Crippen LogP contribution >= 0.6 is 0 Å². The molecule has 1 fully saturated rings. The molecule has 0 spiro atoms. The number of ether oxygens (including phenoxy) is 2. The minimum absolute atomic E-state index is 0.0195. The van der Waals surface area contributed by atoms with Gasteiger partial charge in [-0.3, -0.25) is 9.59 Å². The maximum Gasteiger partial charge on any atom is 0.423 e. The summed E-state index contributed by atoms with van der Waals surface area (Å²) in [7, 11) is 0. The van der Waals surface area contributed by atoms with Gasteiger partial charge in [0.05, 0.1) is 37.6 Å². The number of pyridine rings is 1. The summed E-state index contributed by atoms with van der Waals surface area (Å²) in [5.41, 5.74) is -2.06. The number of carbonyl (C=O) groups excluding carboxylic acids is 1. The van der Waals surface area contributed by atoms with Crippen LogP contribution in [0.15, 0.2) is 23.3 Å². The van der Waals surface area contributed by atoms with Crippen LogP contribution in [0.2, 0.25) is 0 Å². The average Bonchev–Trinajstić information content (AvgIpc) is 2.80. The lowest BCUT2D eigenvalue weighted by molar-refractivity contribution is -0.138. The fourth-order valence-electron chi connectivity index (χ4n) is 4.22. The number of aromatic nitrogens is 3. The van der Waals surface area contributed by atoms with Gasteiger partial charge in [0.1, 0.15) is 12.2 Å². The van der Waals surface area contributed by atoms with Gasteiger partial charge in [-0.05, 0) is 25.5 Å². The largest absolute Gasteiger partial charge is 0.487 e. The SMILES string of the molecule is Cc1cnc2c(c1)OCC1CN(C(=O)CCOC[C@H](C)Nc3cn[nH]c(=O)c3C(F)(F)F)CCN21. The van der Waals surface area contributed by atoms with Gasteiger partial charge in [-0.1, -0.05) is 0 Å². The molecule has 1 saturated heterocycles. The topological polar surface area (TPSA) is 113 Å². The molecule has 4 heterocycles. The zero-order valence-corrected chi connectivity index (χ0v) is 19.4. The molecule has 35 heavy (non-hydrogen) atoms. The Morgan fingerprint density at radius 2 is 2.17 bits per heavy atom. The van der Waals surface area contributed by atoms with Crippen LogP contribution in [0.25, 0.3) is 0 Å². The van der Waals surface area contributed by atoms with E-state index in [0.717, 1.165) is 23.3 Å². The Morgan fingerprint density at radius 3 is 2.94 bits per heavy atom. The van der Waals surface area contributed by atoms with E-state index in [9.17, 15) is 22.8 Å². The molecule has 2 aromatic heterocycles. The van der Waals surface area contributed by atoms with Crippen LogP contribution in [0.1, 0.15) is 24.5 Å². The molecule has 0 aliphatic carbocycles. The van der Waals surface area contributed by atoms with E-state index in [2.05, 4.69) is 20.3 Å². The first-order valence-corrected chi connectivity index (χ1v) is 11.3. The normalized spacial score (nSPS) is 18.4. The molecule has 2 aliphatic heterocycles. The van der Waals surface area contributed by atoms with E-state index in [1.54, 1.807) is 23.1 Å². The predicted octanol–water partition coefficient (Wildman–Crippen LogP) is 1.81. The number of hydrogen-bond acceptors (Lipinski definition) is 8. The predicted molar refractivity (Wildman–Crippen MR) is 121 cm³/mol.